The Kier molecular flexibility index (Phi) is 7.09. The van der Waals surface area contributed by atoms with E-state index in [1.54, 1.807) is 24.4 Å². The number of rotatable bonds is 6. The quantitative estimate of drug-likeness (QED) is 0.580. The average molecular weight is 441 g/mol. The molecule has 0 bridgehead atoms. The Hall–Kier alpha value is -3.19. The highest BCUT2D eigenvalue weighted by Gasteiger charge is 2.32. The number of aliphatic hydroxyl groups excluding tert-OH is 1. The van der Waals surface area contributed by atoms with Gasteiger partial charge in [0.15, 0.2) is 0 Å². The van der Waals surface area contributed by atoms with Crippen LogP contribution in [0.3, 0.4) is 0 Å². The lowest BCUT2D eigenvalue weighted by Crippen LogP contribution is -2.41. The van der Waals surface area contributed by atoms with Gasteiger partial charge in [-0.1, -0.05) is 24.3 Å². The summed E-state index contributed by atoms with van der Waals surface area (Å²) in [7, 11) is 8.26. The number of hydrogen-bond donors (Lipinski definition) is 1. The summed E-state index contributed by atoms with van der Waals surface area (Å²) in [6.07, 6.45) is 5.70. The smallest absolute Gasteiger partial charge is 0.231 e. The molecule has 0 saturated heterocycles. The van der Waals surface area contributed by atoms with E-state index in [1.807, 2.05) is 55.5 Å². The first-order chi connectivity index (χ1) is 16.0. The Balaban J connectivity index is 1.61. The summed E-state index contributed by atoms with van der Waals surface area (Å²) in [6, 6.07) is 15.4. The van der Waals surface area contributed by atoms with Crippen molar-refractivity contribution in [3.63, 3.8) is 0 Å². The largest absolute Gasteiger partial charge is 0.481 e. The number of ether oxygens (including phenoxy) is 1. The highest BCUT2D eigenvalue weighted by Crippen LogP contribution is 2.32. The first kappa shape index (κ1) is 23.0. The van der Waals surface area contributed by atoms with Gasteiger partial charge in [-0.2, -0.15) is 0 Å². The Morgan fingerprint density at radius 2 is 1.76 bits per heavy atom. The molecule has 1 aliphatic carbocycles. The third-order valence-corrected chi connectivity index (χ3v) is 6.24. The topological polar surface area (TPSA) is 75.5 Å². The van der Waals surface area contributed by atoms with Gasteiger partial charge in [0.1, 0.15) is 13.7 Å². The minimum Gasteiger partial charge on any atom is -0.481 e. The summed E-state index contributed by atoms with van der Waals surface area (Å²) in [4.78, 5) is 23.9. The average Bonchev–Trinajstić information content (AvgIpc) is 2.85. The molecule has 1 atom stereocenters. The fraction of sp³-hybridized carbons (Fsp3) is 0.346. The number of amides is 1. The Morgan fingerprint density at radius 1 is 1.06 bits per heavy atom. The summed E-state index contributed by atoms with van der Waals surface area (Å²) in [5, 5.41) is 9.86. The van der Waals surface area contributed by atoms with Crippen LogP contribution in [0.4, 0.5) is 5.82 Å². The van der Waals surface area contributed by atoms with Crippen molar-refractivity contribution in [2.75, 3.05) is 12.0 Å². The van der Waals surface area contributed by atoms with Gasteiger partial charge in [0.05, 0.1) is 13.2 Å². The predicted octanol–water partition coefficient (Wildman–Crippen LogP) is 4.21. The molecule has 1 fully saturated rings. The molecule has 2 aromatic heterocycles. The fourth-order valence-electron chi connectivity index (χ4n) is 4.26. The molecule has 4 rings (SSSR count). The van der Waals surface area contributed by atoms with Crippen LogP contribution in [0.5, 0.6) is 5.88 Å². The van der Waals surface area contributed by atoms with Crippen molar-refractivity contribution >= 4 is 19.6 Å². The third kappa shape index (κ3) is 5.25. The highest BCUT2D eigenvalue weighted by molar-refractivity contribution is 6.17. The van der Waals surface area contributed by atoms with E-state index >= 15 is 0 Å². The third-order valence-electron chi connectivity index (χ3n) is 6.24. The van der Waals surface area contributed by atoms with Gasteiger partial charge in [0, 0.05) is 35.9 Å². The molecule has 1 saturated carbocycles. The molecule has 1 amide bonds. The van der Waals surface area contributed by atoms with Gasteiger partial charge in [0.2, 0.25) is 11.8 Å². The van der Waals surface area contributed by atoms with E-state index in [9.17, 15) is 9.90 Å². The number of nitrogens with zero attached hydrogens (tertiary/aromatic N) is 3. The fourth-order valence-corrected chi connectivity index (χ4v) is 4.26. The number of methoxy groups -OCH3 is 1. The highest BCUT2D eigenvalue weighted by atomic mass is 16.5. The van der Waals surface area contributed by atoms with Crippen LogP contribution in [0.15, 0.2) is 60.9 Å². The molecule has 0 spiro atoms. The van der Waals surface area contributed by atoms with Crippen LogP contribution in [0, 0.1) is 12.8 Å². The molecule has 1 aliphatic rings. The summed E-state index contributed by atoms with van der Waals surface area (Å²) < 4.78 is 5.13. The van der Waals surface area contributed by atoms with Crippen LogP contribution in [-0.4, -0.2) is 42.0 Å². The number of aromatic nitrogens is 2. The zero-order valence-electron chi connectivity index (χ0n) is 19.0. The summed E-state index contributed by atoms with van der Waals surface area (Å²) in [5.74, 6) is 0.207. The number of hydrogen-bond acceptors (Lipinski definition) is 5. The van der Waals surface area contributed by atoms with Gasteiger partial charge in [-0.3, -0.25) is 9.69 Å². The Morgan fingerprint density at radius 3 is 2.36 bits per heavy atom. The van der Waals surface area contributed by atoms with E-state index in [2.05, 4.69) is 9.97 Å². The second kappa shape index (κ2) is 10.2. The van der Waals surface area contributed by atoms with Gasteiger partial charge >= 0.3 is 0 Å². The van der Waals surface area contributed by atoms with E-state index in [0.29, 0.717) is 37.4 Å². The van der Waals surface area contributed by atoms with Crippen molar-refractivity contribution in [2.24, 2.45) is 5.92 Å². The number of aryl methyl sites for hydroxylation is 1. The normalized spacial score (nSPS) is 19.0. The standard InChI is InChI=1S/C26H28BN3O3/c1-17-13-14-28-23(15-17)30(26(32)20-7-10-22(31)11-8-20)25(27)19-5-3-18(4-6-19)21-9-12-24(33-2)29-16-21/h3-6,9,12-16,20,22,25,31H,7-8,10-11H2,1-2H3. The van der Waals surface area contributed by atoms with E-state index in [4.69, 9.17) is 12.6 Å². The van der Waals surface area contributed by atoms with E-state index < -0.39 is 5.94 Å². The first-order valence-electron chi connectivity index (χ1n) is 11.3. The molecule has 1 unspecified atom stereocenters. The summed E-state index contributed by atoms with van der Waals surface area (Å²) in [6.45, 7) is 1.97. The number of carbonyl (C=O) groups is 1. The molecule has 168 valence electrons. The molecule has 2 radical (unpaired) electrons. The summed E-state index contributed by atoms with van der Waals surface area (Å²) in [5.41, 5.74) is 3.78. The van der Waals surface area contributed by atoms with Crippen molar-refractivity contribution in [3.05, 3.63) is 72.1 Å². The molecule has 33 heavy (non-hydrogen) atoms. The monoisotopic (exact) mass is 441 g/mol. The summed E-state index contributed by atoms with van der Waals surface area (Å²) >= 11 is 0. The first-order valence-corrected chi connectivity index (χ1v) is 11.3. The lowest BCUT2D eigenvalue weighted by atomic mass is 9.82. The molecule has 0 aliphatic heterocycles. The van der Waals surface area contributed by atoms with Crippen molar-refractivity contribution in [1.29, 1.82) is 0 Å². The van der Waals surface area contributed by atoms with Crippen molar-refractivity contribution in [1.82, 2.24) is 9.97 Å². The lowest BCUT2D eigenvalue weighted by Gasteiger charge is -2.34. The van der Waals surface area contributed by atoms with Crippen molar-refractivity contribution < 1.29 is 14.6 Å². The van der Waals surface area contributed by atoms with Crippen LogP contribution >= 0.6 is 0 Å². The SMILES string of the molecule is [B]C(c1ccc(-c2ccc(OC)nc2)cc1)N(C(=O)C1CCC(O)CC1)c1cc(C)ccn1. The molecule has 6 nitrogen and oxygen atoms in total. The van der Waals surface area contributed by atoms with Gasteiger partial charge < -0.3 is 9.84 Å². The maximum atomic E-state index is 13.6. The van der Waals surface area contributed by atoms with Crippen LogP contribution in [0.2, 0.25) is 0 Å². The van der Waals surface area contributed by atoms with Gasteiger partial charge in [-0.05, 0) is 67.5 Å². The number of benzene rings is 1. The minimum absolute atomic E-state index is 0.0454. The molecule has 3 aromatic rings. The van der Waals surface area contributed by atoms with Crippen LogP contribution < -0.4 is 9.64 Å². The molecule has 1 aromatic carbocycles. The van der Waals surface area contributed by atoms with Crippen LogP contribution in [-0.2, 0) is 4.79 Å². The molecular formula is C26H28BN3O3. The van der Waals surface area contributed by atoms with Gasteiger partial charge in [0.25, 0.3) is 0 Å². The second-order valence-corrected chi connectivity index (χ2v) is 8.56. The Bertz CT molecular complexity index is 1080. The number of carbonyl (C=O) groups excluding carboxylic acids is 1. The van der Waals surface area contributed by atoms with Crippen LogP contribution in [0.1, 0.15) is 42.8 Å². The van der Waals surface area contributed by atoms with Crippen molar-refractivity contribution in [3.8, 4) is 17.0 Å². The van der Waals surface area contributed by atoms with E-state index in [1.165, 1.54) is 0 Å². The second-order valence-electron chi connectivity index (χ2n) is 8.56. The zero-order valence-corrected chi connectivity index (χ0v) is 19.0. The van der Waals surface area contributed by atoms with Gasteiger partial charge in [-0.25, -0.2) is 9.97 Å². The lowest BCUT2D eigenvalue weighted by molar-refractivity contribution is -0.124. The Labute approximate surface area is 196 Å². The van der Waals surface area contributed by atoms with Crippen molar-refractivity contribution in [2.45, 2.75) is 44.7 Å². The molecule has 2 heterocycles. The minimum atomic E-state index is -0.679. The zero-order chi connectivity index (χ0) is 23.4. The molecule has 7 heteroatoms. The van der Waals surface area contributed by atoms with Gasteiger partial charge in [-0.15, -0.1) is 0 Å². The van der Waals surface area contributed by atoms with E-state index in [0.717, 1.165) is 22.3 Å². The maximum Gasteiger partial charge on any atom is 0.231 e. The number of pyridine rings is 2. The van der Waals surface area contributed by atoms with E-state index in [-0.39, 0.29) is 17.9 Å². The van der Waals surface area contributed by atoms with Crippen LogP contribution in [0.25, 0.3) is 11.1 Å². The predicted molar refractivity (Wildman–Crippen MR) is 129 cm³/mol. The molecular weight excluding hydrogens is 413 g/mol. The maximum absolute atomic E-state index is 13.6. The molecule has 1 N–H and O–H groups in total. The number of anilines is 1. The number of aliphatic hydroxyl groups is 1.